The van der Waals surface area contributed by atoms with E-state index in [0.717, 1.165) is 25.0 Å². The van der Waals surface area contributed by atoms with Gasteiger partial charge in [0.1, 0.15) is 11.6 Å². The highest BCUT2D eigenvalue weighted by Gasteiger charge is 2.22. The van der Waals surface area contributed by atoms with Crippen LogP contribution in [-0.2, 0) is 6.61 Å². The van der Waals surface area contributed by atoms with Crippen molar-refractivity contribution in [2.45, 2.75) is 51.7 Å². The molecule has 1 aliphatic carbocycles. The van der Waals surface area contributed by atoms with E-state index in [1.54, 1.807) is 0 Å². The zero-order valence-corrected chi connectivity index (χ0v) is 12.2. The van der Waals surface area contributed by atoms with Crippen LogP contribution in [0.15, 0.2) is 12.1 Å². The molecule has 0 bridgehead atoms. The molecule has 3 nitrogen and oxygen atoms in total. The van der Waals surface area contributed by atoms with Crippen LogP contribution in [0.5, 0.6) is 0 Å². The Bertz CT molecular complexity index is 490. The van der Waals surface area contributed by atoms with E-state index in [4.69, 9.17) is 5.11 Å². The SMILES string of the molecule is C[C@H](NC(=O)c1cc(F)c(CO)c(F)c1)C1CCCCC1. The Morgan fingerprint density at radius 2 is 1.86 bits per heavy atom. The van der Waals surface area contributed by atoms with Crippen molar-refractivity contribution < 1.29 is 18.7 Å². The average Bonchev–Trinajstić information content (AvgIpc) is 2.47. The van der Waals surface area contributed by atoms with Crippen LogP contribution in [-0.4, -0.2) is 17.1 Å². The van der Waals surface area contributed by atoms with Crippen LogP contribution in [0.1, 0.15) is 54.9 Å². The van der Waals surface area contributed by atoms with Crippen LogP contribution in [0, 0.1) is 17.6 Å². The number of benzene rings is 1. The molecule has 0 unspecified atom stereocenters. The number of aliphatic hydroxyl groups excluding tert-OH is 1. The summed E-state index contributed by atoms with van der Waals surface area (Å²) in [5.74, 6) is -1.84. The second-order valence-corrected chi connectivity index (χ2v) is 5.74. The monoisotopic (exact) mass is 297 g/mol. The largest absolute Gasteiger partial charge is 0.391 e. The third-order valence-corrected chi connectivity index (χ3v) is 4.28. The maximum absolute atomic E-state index is 13.6. The van der Waals surface area contributed by atoms with Crippen LogP contribution in [0.4, 0.5) is 8.78 Å². The van der Waals surface area contributed by atoms with Crippen LogP contribution < -0.4 is 5.32 Å². The third-order valence-electron chi connectivity index (χ3n) is 4.28. The first-order valence-corrected chi connectivity index (χ1v) is 7.42. The van der Waals surface area contributed by atoms with Crippen LogP contribution >= 0.6 is 0 Å². The van der Waals surface area contributed by atoms with Gasteiger partial charge in [-0.25, -0.2) is 8.78 Å². The quantitative estimate of drug-likeness (QED) is 0.897. The van der Waals surface area contributed by atoms with E-state index in [-0.39, 0.29) is 11.6 Å². The van der Waals surface area contributed by atoms with Crippen molar-refractivity contribution in [2.24, 2.45) is 5.92 Å². The Morgan fingerprint density at radius 1 is 1.29 bits per heavy atom. The lowest BCUT2D eigenvalue weighted by Gasteiger charge is -2.28. The molecule has 1 aromatic rings. The Labute approximate surface area is 123 Å². The first-order chi connectivity index (χ1) is 10.0. The van der Waals surface area contributed by atoms with E-state index in [1.807, 2.05) is 6.92 Å². The molecule has 1 saturated carbocycles. The Kier molecular flexibility index (Phi) is 5.28. The van der Waals surface area contributed by atoms with Crippen molar-refractivity contribution >= 4 is 5.91 Å². The number of aliphatic hydroxyl groups is 1. The molecule has 1 fully saturated rings. The predicted octanol–water partition coefficient (Wildman–Crippen LogP) is 3.16. The van der Waals surface area contributed by atoms with Gasteiger partial charge in [0.25, 0.3) is 5.91 Å². The maximum atomic E-state index is 13.6. The summed E-state index contributed by atoms with van der Waals surface area (Å²) < 4.78 is 27.2. The summed E-state index contributed by atoms with van der Waals surface area (Å²) in [4.78, 5) is 12.1. The van der Waals surface area contributed by atoms with Crippen LogP contribution in [0.3, 0.4) is 0 Å². The van der Waals surface area contributed by atoms with Gasteiger partial charge in [0, 0.05) is 17.2 Å². The van der Waals surface area contributed by atoms with E-state index < -0.39 is 29.7 Å². The minimum atomic E-state index is -0.895. The standard InChI is InChI=1S/C16H21F2NO2/c1-10(11-5-3-2-4-6-11)19-16(21)12-7-14(17)13(9-20)15(18)8-12/h7-8,10-11,20H,2-6,9H2,1H3,(H,19,21)/t10-/m0/s1. The number of hydrogen-bond acceptors (Lipinski definition) is 2. The summed E-state index contributed by atoms with van der Waals surface area (Å²) >= 11 is 0. The van der Waals surface area contributed by atoms with E-state index in [9.17, 15) is 13.6 Å². The zero-order chi connectivity index (χ0) is 15.4. The van der Waals surface area contributed by atoms with Gasteiger partial charge in [0.15, 0.2) is 0 Å². The molecular weight excluding hydrogens is 276 g/mol. The fourth-order valence-electron chi connectivity index (χ4n) is 2.93. The Morgan fingerprint density at radius 3 is 2.38 bits per heavy atom. The topological polar surface area (TPSA) is 49.3 Å². The van der Waals surface area contributed by atoms with Crippen LogP contribution in [0.25, 0.3) is 0 Å². The summed E-state index contributed by atoms with van der Waals surface area (Å²) in [6.45, 7) is 1.21. The van der Waals surface area contributed by atoms with Gasteiger partial charge < -0.3 is 10.4 Å². The molecule has 0 saturated heterocycles. The van der Waals surface area contributed by atoms with Gasteiger partial charge in [-0.05, 0) is 37.8 Å². The molecule has 2 rings (SSSR count). The van der Waals surface area contributed by atoms with Crippen molar-refractivity contribution in [3.8, 4) is 0 Å². The number of nitrogens with one attached hydrogen (secondary N) is 1. The second-order valence-electron chi connectivity index (χ2n) is 5.74. The number of hydrogen-bond donors (Lipinski definition) is 2. The van der Waals surface area contributed by atoms with Gasteiger partial charge in [0.2, 0.25) is 0 Å². The summed E-state index contributed by atoms with van der Waals surface area (Å²) in [7, 11) is 0. The number of halogens is 2. The minimum absolute atomic E-state index is 0.0126. The Hall–Kier alpha value is -1.49. The van der Waals surface area contributed by atoms with E-state index in [2.05, 4.69) is 5.32 Å². The minimum Gasteiger partial charge on any atom is -0.391 e. The molecule has 0 spiro atoms. The fraction of sp³-hybridized carbons (Fsp3) is 0.562. The number of carbonyl (C=O) groups excluding carboxylic acids is 1. The lowest BCUT2D eigenvalue weighted by Crippen LogP contribution is -2.39. The normalized spacial score (nSPS) is 17.5. The molecule has 5 heteroatoms. The van der Waals surface area contributed by atoms with Crippen molar-refractivity contribution in [2.75, 3.05) is 0 Å². The average molecular weight is 297 g/mol. The summed E-state index contributed by atoms with van der Waals surface area (Å²) in [5.41, 5.74) is -0.461. The molecule has 1 amide bonds. The van der Waals surface area contributed by atoms with E-state index in [0.29, 0.717) is 5.92 Å². The van der Waals surface area contributed by atoms with Gasteiger partial charge in [-0.3, -0.25) is 4.79 Å². The molecule has 0 aromatic heterocycles. The summed E-state index contributed by atoms with van der Waals surface area (Å²) in [6.07, 6.45) is 5.72. The molecule has 1 atom stereocenters. The molecule has 0 aliphatic heterocycles. The molecule has 0 heterocycles. The van der Waals surface area contributed by atoms with Crippen molar-refractivity contribution in [1.29, 1.82) is 0 Å². The summed E-state index contributed by atoms with van der Waals surface area (Å²) in [6, 6.07) is 1.93. The Balaban J connectivity index is 2.06. The highest BCUT2D eigenvalue weighted by atomic mass is 19.1. The highest BCUT2D eigenvalue weighted by molar-refractivity contribution is 5.94. The maximum Gasteiger partial charge on any atom is 0.251 e. The smallest absolute Gasteiger partial charge is 0.251 e. The zero-order valence-electron chi connectivity index (χ0n) is 12.2. The molecule has 1 aromatic carbocycles. The molecule has 0 radical (unpaired) electrons. The number of rotatable bonds is 4. The first kappa shape index (κ1) is 15.9. The number of amides is 1. The van der Waals surface area contributed by atoms with Gasteiger partial charge in [-0.15, -0.1) is 0 Å². The third kappa shape index (κ3) is 3.79. The highest BCUT2D eigenvalue weighted by Crippen LogP contribution is 2.26. The molecular formula is C16H21F2NO2. The predicted molar refractivity (Wildman–Crippen MR) is 75.8 cm³/mol. The fourth-order valence-corrected chi connectivity index (χ4v) is 2.93. The van der Waals surface area contributed by atoms with Gasteiger partial charge in [0.05, 0.1) is 6.61 Å². The lowest BCUT2D eigenvalue weighted by atomic mass is 9.84. The van der Waals surface area contributed by atoms with Gasteiger partial charge in [-0.1, -0.05) is 19.3 Å². The van der Waals surface area contributed by atoms with E-state index >= 15 is 0 Å². The second kappa shape index (κ2) is 6.98. The van der Waals surface area contributed by atoms with Crippen molar-refractivity contribution in [1.82, 2.24) is 5.32 Å². The van der Waals surface area contributed by atoms with Crippen molar-refractivity contribution in [3.05, 3.63) is 34.9 Å². The van der Waals surface area contributed by atoms with Gasteiger partial charge in [-0.2, -0.15) is 0 Å². The molecule has 2 N–H and O–H groups in total. The lowest BCUT2D eigenvalue weighted by molar-refractivity contribution is 0.0918. The molecule has 1 aliphatic rings. The number of carbonyl (C=O) groups is 1. The molecule has 21 heavy (non-hydrogen) atoms. The van der Waals surface area contributed by atoms with Crippen molar-refractivity contribution in [3.63, 3.8) is 0 Å². The molecule has 116 valence electrons. The van der Waals surface area contributed by atoms with Gasteiger partial charge >= 0.3 is 0 Å². The first-order valence-electron chi connectivity index (χ1n) is 7.42. The summed E-state index contributed by atoms with van der Waals surface area (Å²) in [5, 5.41) is 11.7. The van der Waals surface area contributed by atoms with E-state index in [1.165, 1.54) is 19.3 Å². The van der Waals surface area contributed by atoms with Crippen LogP contribution in [0.2, 0.25) is 0 Å².